The highest BCUT2D eigenvalue weighted by Gasteiger charge is 2.62. The van der Waals surface area contributed by atoms with Crippen molar-refractivity contribution in [3.05, 3.63) is 50.9 Å². The summed E-state index contributed by atoms with van der Waals surface area (Å²) in [7, 11) is 0. The minimum Gasteiger partial charge on any atom is -0.295 e. The Morgan fingerprint density at radius 1 is 1.23 bits per heavy atom. The van der Waals surface area contributed by atoms with E-state index in [0.29, 0.717) is 5.92 Å². The van der Waals surface area contributed by atoms with Gasteiger partial charge in [0, 0.05) is 21.0 Å². The van der Waals surface area contributed by atoms with Gasteiger partial charge in [0.15, 0.2) is 0 Å². The number of aryl methyl sites for hydroxylation is 1. The molecule has 3 aliphatic rings. The quantitative estimate of drug-likeness (QED) is 0.772. The van der Waals surface area contributed by atoms with Crippen LogP contribution in [0.15, 0.2) is 34.4 Å². The number of nitrogens with one attached hydrogen (secondary N) is 1. The van der Waals surface area contributed by atoms with Gasteiger partial charge >= 0.3 is 0 Å². The molecule has 2 aliphatic heterocycles. The maximum Gasteiger partial charge on any atom is 0.147 e. The average molecular weight is 385 g/mol. The molecule has 1 aromatic heterocycles. The van der Waals surface area contributed by atoms with E-state index in [9.17, 15) is 0 Å². The molecule has 26 heavy (non-hydrogen) atoms. The molecule has 1 N–H and O–H groups in total. The molecule has 6 heteroatoms. The standard InChI is InChI=1S/C20H21ClN4S/c1-10-9-20(10)19-24-23-13(4)25(19)18-16(11(2)12(3)26-18)17(22-20)14-5-7-15(21)8-6-14/h5-8,10,19,24H,9H2,1-4H3/t10-,19?,20+/m1/s1. The maximum atomic E-state index is 6.14. The molecule has 0 radical (unpaired) electrons. The smallest absolute Gasteiger partial charge is 0.147 e. The Bertz CT molecular complexity index is 974. The number of nitrogens with zero attached hydrogens (tertiary/aromatic N) is 3. The first-order valence-corrected chi connectivity index (χ1v) is 10.2. The fourth-order valence-electron chi connectivity index (χ4n) is 4.22. The van der Waals surface area contributed by atoms with Crippen LogP contribution in [0.25, 0.3) is 0 Å². The van der Waals surface area contributed by atoms with Gasteiger partial charge in [-0.15, -0.1) is 11.3 Å². The molecule has 1 saturated carbocycles. The number of rotatable bonds is 1. The molecule has 1 unspecified atom stereocenters. The molecule has 1 aromatic carbocycles. The summed E-state index contributed by atoms with van der Waals surface area (Å²) in [6.45, 7) is 8.76. The van der Waals surface area contributed by atoms with E-state index in [1.165, 1.54) is 21.0 Å². The van der Waals surface area contributed by atoms with Crippen molar-refractivity contribution in [2.24, 2.45) is 16.0 Å². The highest BCUT2D eigenvalue weighted by atomic mass is 35.5. The van der Waals surface area contributed by atoms with Gasteiger partial charge in [-0.1, -0.05) is 30.7 Å². The van der Waals surface area contributed by atoms with Crippen molar-refractivity contribution in [1.82, 2.24) is 5.43 Å². The minimum absolute atomic E-state index is 0.0958. The number of benzene rings is 1. The summed E-state index contributed by atoms with van der Waals surface area (Å²) in [5, 5.41) is 6.55. The number of anilines is 1. The van der Waals surface area contributed by atoms with E-state index in [-0.39, 0.29) is 11.7 Å². The molecule has 1 fully saturated rings. The zero-order valence-electron chi connectivity index (χ0n) is 15.3. The molecule has 5 rings (SSSR count). The van der Waals surface area contributed by atoms with Gasteiger partial charge in [0.2, 0.25) is 0 Å². The van der Waals surface area contributed by atoms with Gasteiger partial charge in [-0.25, -0.2) is 0 Å². The normalized spacial score (nSPS) is 28.9. The number of hydrogen-bond donors (Lipinski definition) is 1. The van der Waals surface area contributed by atoms with Gasteiger partial charge in [0.25, 0.3) is 0 Å². The predicted octanol–water partition coefficient (Wildman–Crippen LogP) is 4.72. The van der Waals surface area contributed by atoms with Gasteiger partial charge in [0.1, 0.15) is 22.5 Å². The van der Waals surface area contributed by atoms with E-state index in [0.717, 1.165) is 28.6 Å². The van der Waals surface area contributed by atoms with Crippen molar-refractivity contribution in [2.45, 2.75) is 45.8 Å². The largest absolute Gasteiger partial charge is 0.295 e. The van der Waals surface area contributed by atoms with E-state index >= 15 is 0 Å². The maximum absolute atomic E-state index is 6.14. The first-order chi connectivity index (χ1) is 12.4. The van der Waals surface area contributed by atoms with Gasteiger partial charge in [-0.2, -0.15) is 5.10 Å². The van der Waals surface area contributed by atoms with Crippen molar-refractivity contribution in [1.29, 1.82) is 0 Å². The lowest BCUT2D eigenvalue weighted by molar-refractivity contribution is 0.441. The molecule has 2 aromatic rings. The van der Waals surface area contributed by atoms with Gasteiger partial charge in [-0.3, -0.25) is 15.3 Å². The zero-order valence-corrected chi connectivity index (χ0v) is 16.9. The first-order valence-electron chi connectivity index (χ1n) is 8.97. The van der Waals surface area contributed by atoms with Crippen LogP contribution in [-0.2, 0) is 0 Å². The minimum atomic E-state index is -0.130. The van der Waals surface area contributed by atoms with Crippen LogP contribution in [-0.4, -0.2) is 23.3 Å². The van der Waals surface area contributed by atoms with Crippen LogP contribution in [0.4, 0.5) is 5.00 Å². The van der Waals surface area contributed by atoms with E-state index in [1.54, 1.807) is 0 Å². The van der Waals surface area contributed by atoms with Crippen LogP contribution in [0.2, 0.25) is 5.02 Å². The number of amidine groups is 1. The van der Waals surface area contributed by atoms with Crippen LogP contribution < -0.4 is 10.3 Å². The third kappa shape index (κ3) is 2.07. The molecule has 4 nitrogen and oxygen atoms in total. The van der Waals surface area contributed by atoms with Crippen molar-refractivity contribution in [2.75, 3.05) is 4.90 Å². The second kappa shape index (κ2) is 5.33. The lowest BCUT2D eigenvalue weighted by atomic mass is 9.99. The molecule has 134 valence electrons. The molecule has 3 heterocycles. The Labute approximate surface area is 162 Å². The Morgan fingerprint density at radius 2 is 1.92 bits per heavy atom. The predicted molar refractivity (Wildman–Crippen MR) is 110 cm³/mol. The summed E-state index contributed by atoms with van der Waals surface area (Å²) in [4.78, 5) is 9.09. The number of hydrazone groups is 1. The first kappa shape index (κ1) is 16.3. The summed E-state index contributed by atoms with van der Waals surface area (Å²) in [6.07, 6.45) is 1.17. The van der Waals surface area contributed by atoms with Crippen LogP contribution >= 0.6 is 22.9 Å². The van der Waals surface area contributed by atoms with E-state index in [2.05, 4.69) is 55.3 Å². The molecule has 1 aliphatic carbocycles. The van der Waals surface area contributed by atoms with E-state index in [1.807, 2.05) is 23.5 Å². The summed E-state index contributed by atoms with van der Waals surface area (Å²) in [5.74, 6) is 1.55. The molecule has 0 amide bonds. The molecule has 3 atom stereocenters. The second-order valence-corrected chi connectivity index (χ2v) is 9.23. The van der Waals surface area contributed by atoms with Crippen molar-refractivity contribution in [3.8, 4) is 0 Å². The van der Waals surface area contributed by atoms with Crippen LogP contribution in [0.3, 0.4) is 0 Å². The second-order valence-electron chi connectivity index (χ2n) is 7.59. The van der Waals surface area contributed by atoms with Crippen molar-refractivity contribution >= 4 is 39.5 Å². The van der Waals surface area contributed by atoms with E-state index in [4.69, 9.17) is 16.6 Å². The van der Waals surface area contributed by atoms with Crippen LogP contribution in [0.5, 0.6) is 0 Å². The van der Waals surface area contributed by atoms with Crippen molar-refractivity contribution < 1.29 is 0 Å². The van der Waals surface area contributed by atoms with E-state index < -0.39 is 0 Å². The molecule has 0 bridgehead atoms. The number of hydrogen-bond acceptors (Lipinski definition) is 5. The lowest BCUT2D eigenvalue weighted by Crippen LogP contribution is -2.49. The van der Waals surface area contributed by atoms with Gasteiger partial charge in [0.05, 0.1) is 5.71 Å². The SMILES string of the molecule is CC1=NNC2N1c1sc(C)c(C)c1C(c1ccc(Cl)cc1)=N[C@]21C[C@H]1C. The average Bonchev–Trinajstić information content (AvgIpc) is 2.98. The van der Waals surface area contributed by atoms with Crippen LogP contribution in [0, 0.1) is 19.8 Å². The zero-order chi connectivity index (χ0) is 18.2. The number of fused-ring (bicyclic) bond motifs is 4. The van der Waals surface area contributed by atoms with Gasteiger partial charge in [-0.05, 0) is 50.8 Å². The topological polar surface area (TPSA) is 40.0 Å². The Balaban J connectivity index is 1.80. The molecule has 0 saturated heterocycles. The third-order valence-corrected chi connectivity index (χ3v) is 7.47. The van der Waals surface area contributed by atoms with Crippen molar-refractivity contribution in [3.63, 3.8) is 0 Å². The Morgan fingerprint density at radius 3 is 2.58 bits per heavy atom. The summed E-state index contributed by atoms with van der Waals surface area (Å²) < 4.78 is 0. The molecule has 1 spiro atoms. The number of aliphatic imine (C=N–C) groups is 1. The Hall–Kier alpha value is -1.85. The lowest BCUT2D eigenvalue weighted by Gasteiger charge is -2.28. The monoisotopic (exact) mass is 384 g/mol. The number of halogens is 1. The van der Waals surface area contributed by atoms with Gasteiger partial charge < -0.3 is 0 Å². The summed E-state index contributed by atoms with van der Waals surface area (Å²) in [5.41, 5.74) is 8.02. The molecular weight excluding hydrogens is 364 g/mol. The Kier molecular flexibility index (Phi) is 3.35. The highest BCUT2D eigenvalue weighted by molar-refractivity contribution is 7.17. The third-order valence-electron chi connectivity index (χ3n) is 6.02. The number of thiophene rings is 1. The summed E-state index contributed by atoms with van der Waals surface area (Å²) >= 11 is 7.98. The van der Waals surface area contributed by atoms with Crippen LogP contribution in [0.1, 0.15) is 41.8 Å². The highest BCUT2D eigenvalue weighted by Crippen LogP contribution is 2.55. The summed E-state index contributed by atoms with van der Waals surface area (Å²) in [6, 6.07) is 8.08. The fraction of sp³-hybridized carbons (Fsp3) is 0.400. The fourth-order valence-corrected chi connectivity index (χ4v) is 5.58. The molecular formula is C20H21ClN4S.